The Morgan fingerprint density at radius 2 is 1.92 bits per heavy atom. The largest absolute Gasteiger partial charge is 0.497 e. The summed E-state index contributed by atoms with van der Waals surface area (Å²) in [7, 11) is 1.69. The van der Waals surface area contributed by atoms with Crippen LogP contribution in [0.15, 0.2) is 36.5 Å². The Bertz CT molecular complexity index is 885. The predicted molar refractivity (Wildman–Crippen MR) is 113 cm³/mol. The van der Waals surface area contributed by atoms with Gasteiger partial charge in [-0.25, -0.2) is 4.98 Å². The highest BCUT2D eigenvalue weighted by Gasteiger charge is 2.18. The topological polar surface area (TPSA) is 52.0 Å². The summed E-state index contributed by atoms with van der Waals surface area (Å²) in [5, 5.41) is 9.58. The molecule has 1 aliphatic carbocycles. The normalized spacial score (nSPS) is 15.3. The van der Waals surface area contributed by atoms with Gasteiger partial charge in [-0.15, -0.1) is 0 Å². The minimum atomic E-state index is 0.530. The van der Waals surface area contributed by atoms with E-state index in [1.807, 2.05) is 18.3 Å². The molecule has 1 fully saturated rings. The summed E-state index contributed by atoms with van der Waals surface area (Å²) in [4.78, 5) is 4.62. The molecule has 6 heteroatoms. The molecular formula is C20H23IN4O. The molecule has 1 aliphatic rings. The number of ether oxygens (including phenoxy) is 1. The molecule has 1 N–H and O–H groups in total. The van der Waals surface area contributed by atoms with Gasteiger partial charge in [0, 0.05) is 12.2 Å². The van der Waals surface area contributed by atoms with E-state index in [-0.39, 0.29) is 0 Å². The average Bonchev–Trinajstić information content (AvgIpc) is 3.00. The number of rotatable bonds is 5. The van der Waals surface area contributed by atoms with E-state index in [1.165, 1.54) is 37.7 Å². The number of fused-ring (bicyclic) bond motifs is 1. The van der Waals surface area contributed by atoms with E-state index in [1.54, 1.807) is 7.11 Å². The van der Waals surface area contributed by atoms with E-state index in [0.717, 1.165) is 32.7 Å². The zero-order valence-electron chi connectivity index (χ0n) is 14.9. The van der Waals surface area contributed by atoms with E-state index < -0.39 is 0 Å². The molecular weight excluding hydrogens is 439 g/mol. The molecule has 2 aromatic heterocycles. The molecule has 0 saturated heterocycles. The van der Waals surface area contributed by atoms with Crippen LogP contribution in [0.2, 0.25) is 0 Å². The standard InChI is InChI=1S/C20H23IN4O/c1-26-16-9-7-14(8-10-16)13-25-17-11-12-22-20(18(17)19(21)24-25)23-15-5-3-2-4-6-15/h7-12,15H,2-6,13H2,1H3,(H,22,23). The first-order valence-corrected chi connectivity index (χ1v) is 10.2. The Hall–Kier alpha value is -1.83. The highest BCUT2D eigenvalue weighted by Crippen LogP contribution is 2.29. The quantitative estimate of drug-likeness (QED) is 0.552. The van der Waals surface area contributed by atoms with Crippen LogP contribution in [0.25, 0.3) is 10.9 Å². The molecule has 0 unspecified atom stereocenters. The lowest BCUT2D eigenvalue weighted by atomic mass is 9.95. The van der Waals surface area contributed by atoms with Crippen molar-refractivity contribution in [3.63, 3.8) is 0 Å². The molecule has 4 rings (SSSR count). The number of anilines is 1. The van der Waals surface area contributed by atoms with Gasteiger partial charge in [0.1, 0.15) is 15.3 Å². The van der Waals surface area contributed by atoms with Gasteiger partial charge >= 0.3 is 0 Å². The smallest absolute Gasteiger partial charge is 0.138 e. The molecule has 0 spiro atoms. The molecule has 0 bridgehead atoms. The molecule has 136 valence electrons. The maximum Gasteiger partial charge on any atom is 0.138 e. The zero-order chi connectivity index (χ0) is 17.9. The summed E-state index contributed by atoms with van der Waals surface area (Å²) in [6.07, 6.45) is 8.31. The first kappa shape index (κ1) is 17.6. The summed E-state index contributed by atoms with van der Waals surface area (Å²) in [5.74, 6) is 1.84. The monoisotopic (exact) mass is 462 g/mol. The third-order valence-corrected chi connectivity index (χ3v) is 5.81. The van der Waals surface area contributed by atoms with Crippen molar-refractivity contribution in [2.24, 2.45) is 0 Å². The summed E-state index contributed by atoms with van der Waals surface area (Å²) in [6.45, 7) is 0.733. The van der Waals surface area contributed by atoms with Crippen LogP contribution >= 0.6 is 22.6 Å². The number of nitrogens with one attached hydrogen (secondary N) is 1. The fourth-order valence-corrected chi connectivity index (χ4v) is 4.45. The van der Waals surface area contributed by atoms with Crippen molar-refractivity contribution in [3.05, 3.63) is 45.8 Å². The molecule has 1 aromatic carbocycles. The second-order valence-electron chi connectivity index (χ2n) is 6.83. The second-order valence-corrected chi connectivity index (χ2v) is 7.85. The minimum absolute atomic E-state index is 0.530. The van der Waals surface area contributed by atoms with Crippen LogP contribution < -0.4 is 10.1 Å². The lowest BCUT2D eigenvalue weighted by Crippen LogP contribution is -2.22. The van der Waals surface area contributed by atoms with E-state index in [4.69, 9.17) is 9.84 Å². The van der Waals surface area contributed by atoms with Crippen molar-refractivity contribution >= 4 is 39.3 Å². The van der Waals surface area contributed by atoms with Gasteiger partial charge in [0.15, 0.2) is 0 Å². The van der Waals surface area contributed by atoms with Crippen LogP contribution in [0, 0.1) is 3.70 Å². The summed E-state index contributed by atoms with van der Waals surface area (Å²) < 4.78 is 8.30. The Labute approximate surface area is 167 Å². The maximum absolute atomic E-state index is 5.24. The van der Waals surface area contributed by atoms with Crippen molar-refractivity contribution in [1.29, 1.82) is 0 Å². The molecule has 26 heavy (non-hydrogen) atoms. The number of pyridine rings is 1. The Kier molecular flexibility index (Phi) is 5.28. The van der Waals surface area contributed by atoms with Gasteiger partial charge in [-0.2, -0.15) is 5.10 Å². The van der Waals surface area contributed by atoms with Crippen LogP contribution in [0.3, 0.4) is 0 Å². The Morgan fingerprint density at radius 1 is 1.15 bits per heavy atom. The molecule has 1 saturated carbocycles. The fourth-order valence-electron chi connectivity index (χ4n) is 3.65. The van der Waals surface area contributed by atoms with Crippen LogP contribution in [0.1, 0.15) is 37.7 Å². The van der Waals surface area contributed by atoms with Crippen molar-refractivity contribution in [3.8, 4) is 5.75 Å². The van der Waals surface area contributed by atoms with Gasteiger partial charge in [-0.1, -0.05) is 31.4 Å². The number of benzene rings is 1. The predicted octanol–water partition coefficient (Wildman–Crippen LogP) is 4.84. The van der Waals surface area contributed by atoms with Gasteiger partial charge in [0.25, 0.3) is 0 Å². The molecule has 2 heterocycles. The lowest BCUT2D eigenvalue weighted by molar-refractivity contribution is 0.414. The molecule has 5 nitrogen and oxygen atoms in total. The highest BCUT2D eigenvalue weighted by molar-refractivity contribution is 14.1. The maximum atomic E-state index is 5.24. The van der Waals surface area contributed by atoms with Gasteiger partial charge < -0.3 is 10.1 Å². The molecule has 3 aromatic rings. The van der Waals surface area contributed by atoms with Crippen LogP contribution in [-0.4, -0.2) is 27.9 Å². The summed E-state index contributed by atoms with van der Waals surface area (Å²) in [6, 6.07) is 10.7. The van der Waals surface area contributed by atoms with Crippen LogP contribution in [0.4, 0.5) is 5.82 Å². The number of nitrogens with zero attached hydrogens (tertiary/aromatic N) is 3. The number of aromatic nitrogens is 3. The van der Waals surface area contributed by atoms with Crippen molar-refractivity contribution in [1.82, 2.24) is 14.8 Å². The van der Waals surface area contributed by atoms with Crippen molar-refractivity contribution < 1.29 is 4.74 Å². The van der Waals surface area contributed by atoms with Crippen molar-refractivity contribution in [2.75, 3.05) is 12.4 Å². The number of hydrogen-bond acceptors (Lipinski definition) is 4. The lowest BCUT2D eigenvalue weighted by Gasteiger charge is -2.23. The highest BCUT2D eigenvalue weighted by atomic mass is 127. The molecule has 0 amide bonds. The Balaban J connectivity index is 1.63. The van der Waals surface area contributed by atoms with Gasteiger partial charge in [0.2, 0.25) is 0 Å². The van der Waals surface area contributed by atoms with Crippen LogP contribution in [0.5, 0.6) is 5.75 Å². The first-order valence-electron chi connectivity index (χ1n) is 9.15. The second kappa shape index (κ2) is 7.82. The minimum Gasteiger partial charge on any atom is -0.497 e. The van der Waals surface area contributed by atoms with E-state index in [9.17, 15) is 0 Å². The number of methoxy groups -OCH3 is 1. The van der Waals surface area contributed by atoms with E-state index in [2.05, 4.69) is 55.8 Å². The van der Waals surface area contributed by atoms with Gasteiger partial charge in [0.05, 0.1) is 24.6 Å². The molecule has 0 atom stereocenters. The van der Waals surface area contributed by atoms with E-state index >= 15 is 0 Å². The Morgan fingerprint density at radius 3 is 2.65 bits per heavy atom. The van der Waals surface area contributed by atoms with Gasteiger partial charge in [-0.05, 0) is 59.2 Å². The van der Waals surface area contributed by atoms with E-state index in [0.29, 0.717) is 6.04 Å². The molecule has 0 aliphatic heterocycles. The van der Waals surface area contributed by atoms with Gasteiger partial charge in [-0.3, -0.25) is 4.68 Å². The third kappa shape index (κ3) is 3.65. The summed E-state index contributed by atoms with van der Waals surface area (Å²) in [5.41, 5.74) is 2.32. The fraction of sp³-hybridized carbons (Fsp3) is 0.400. The average molecular weight is 462 g/mol. The first-order chi connectivity index (χ1) is 12.7. The van der Waals surface area contributed by atoms with Crippen LogP contribution in [-0.2, 0) is 6.54 Å². The third-order valence-electron chi connectivity index (χ3n) is 5.06. The number of halogens is 1. The SMILES string of the molecule is COc1ccc(Cn2nc(I)c3c(NC4CCCCC4)nccc32)cc1. The number of hydrogen-bond donors (Lipinski definition) is 1. The summed E-state index contributed by atoms with van der Waals surface area (Å²) >= 11 is 2.32. The van der Waals surface area contributed by atoms with Crippen molar-refractivity contribution in [2.45, 2.75) is 44.7 Å². The molecule has 0 radical (unpaired) electrons. The zero-order valence-corrected chi connectivity index (χ0v) is 17.1.